The van der Waals surface area contributed by atoms with Gasteiger partial charge in [0.25, 0.3) is 0 Å². The molecule has 1 aromatic rings. The van der Waals surface area contributed by atoms with Crippen LogP contribution in [0.25, 0.3) is 0 Å². The van der Waals surface area contributed by atoms with Crippen LogP contribution >= 0.6 is 0 Å². The fourth-order valence-electron chi connectivity index (χ4n) is 1.72. The van der Waals surface area contributed by atoms with Gasteiger partial charge in [0.1, 0.15) is 4.90 Å². The number of benzene rings is 1. The molecule has 0 saturated heterocycles. The molecule has 1 aromatic carbocycles. The van der Waals surface area contributed by atoms with Crippen molar-refractivity contribution >= 4 is 21.7 Å². The minimum absolute atomic E-state index is 0.00665. The van der Waals surface area contributed by atoms with Crippen LogP contribution in [0.3, 0.4) is 0 Å². The fraction of sp³-hybridized carbons (Fsp3) is 0.462. The number of carbonyl (C=O) groups is 1. The summed E-state index contributed by atoms with van der Waals surface area (Å²) in [6.45, 7) is 0.351. The molecule has 118 valence electrons. The summed E-state index contributed by atoms with van der Waals surface area (Å²) in [4.78, 5) is 11.2. The van der Waals surface area contributed by atoms with Gasteiger partial charge in [-0.25, -0.2) is 8.42 Å². The van der Waals surface area contributed by atoms with E-state index in [-0.39, 0.29) is 36.7 Å². The highest BCUT2D eigenvalue weighted by molar-refractivity contribution is 7.89. The third kappa shape index (κ3) is 4.69. The summed E-state index contributed by atoms with van der Waals surface area (Å²) >= 11 is 0. The van der Waals surface area contributed by atoms with Crippen molar-refractivity contribution in [2.45, 2.75) is 11.3 Å². The number of carbonyl (C=O) groups excluding carboxylic acids is 1. The number of anilines is 1. The quantitative estimate of drug-likeness (QED) is 0.553. The maximum absolute atomic E-state index is 12.6. The number of nitrogens with zero attached hydrogens (tertiary/aromatic N) is 1. The number of methoxy groups -OCH3 is 2. The van der Waals surface area contributed by atoms with E-state index in [1.807, 2.05) is 0 Å². The SMILES string of the molecule is COCCN(CCC(=O)OC)S(=O)(=O)c1ccccc1N. The van der Waals surface area contributed by atoms with Crippen molar-refractivity contribution in [3.8, 4) is 0 Å². The Bertz CT molecular complexity index is 574. The van der Waals surface area contributed by atoms with Crippen molar-refractivity contribution in [1.82, 2.24) is 4.31 Å². The molecule has 0 aliphatic heterocycles. The number of hydrogen-bond donors (Lipinski definition) is 1. The molecule has 21 heavy (non-hydrogen) atoms. The molecule has 0 amide bonds. The predicted molar refractivity (Wildman–Crippen MR) is 78.1 cm³/mol. The highest BCUT2D eigenvalue weighted by atomic mass is 32.2. The van der Waals surface area contributed by atoms with Crippen molar-refractivity contribution in [3.63, 3.8) is 0 Å². The topological polar surface area (TPSA) is 98.9 Å². The summed E-state index contributed by atoms with van der Waals surface area (Å²) < 4.78 is 35.8. The number of hydrogen-bond acceptors (Lipinski definition) is 6. The Labute approximate surface area is 124 Å². The molecule has 1 rings (SSSR count). The van der Waals surface area contributed by atoms with Crippen molar-refractivity contribution < 1.29 is 22.7 Å². The largest absolute Gasteiger partial charge is 0.469 e. The van der Waals surface area contributed by atoms with Gasteiger partial charge in [-0.3, -0.25) is 4.79 Å². The first-order valence-corrected chi connectivity index (χ1v) is 7.78. The van der Waals surface area contributed by atoms with Gasteiger partial charge < -0.3 is 15.2 Å². The van der Waals surface area contributed by atoms with E-state index in [2.05, 4.69) is 4.74 Å². The number of ether oxygens (including phenoxy) is 2. The lowest BCUT2D eigenvalue weighted by Crippen LogP contribution is -2.36. The van der Waals surface area contributed by atoms with Crippen molar-refractivity contribution in [2.24, 2.45) is 0 Å². The third-order valence-electron chi connectivity index (χ3n) is 2.87. The summed E-state index contributed by atoms with van der Waals surface area (Å²) in [5.74, 6) is -0.478. The van der Waals surface area contributed by atoms with E-state index >= 15 is 0 Å². The molecule has 0 spiro atoms. The van der Waals surface area contributed by atoms with E-state index in [4.69, 9.17) is 10.5 Å². The Kier molecular flexibility index (Phi) is 6.60. The van der Waals surface area contributed by atoms with Gasteiger partial charge in [-0.1, -0.05) is 12.1 Å². The number of nitrogen functional groups attached to an aromatic ring is 1. The second-order valence-corrected chi connectivity index (χ2v) is 6.17. The zero-order valence-corrected chi connectivity index (χ0v) is 12.9. The second-order valence-electron chi connectivity index (χ2n) is 4.26. The molecule has 7 nitrogen and oxygen atoms in total. The van der Waals surface area contributed by atoms with Gasteiger partial charge >= 0.3 is 5.97 Å². The van der Waals surface area contributed by atoms with Gasteiger partial charge in [0.15, 0.2) is 0 Å². The zero-order valence-electron chi connectivity index (χ0n) is 12.1. The fourth-order valence-corrected chi connectivity index (χ4v) is 3.26. The Morgan fingerprint density at radius 3 is 2.48 bits per heavy atom. The van der Waals surface area contributed by atoms with Crippen molar-refractivity contribution in [3.05, 3.63) is 24.3 Å². The van der Waals surface area contributed by atoms with Gasteiger partial charge in [0.05, 0.1) is 25.8 Å². The predicted octanol–water partition coefficient (Wildman–Crippen LogP) is 0.469. The lowest BCUT2D eigenvalue weighted by Gasteiger charge is -2.22. The maximum atomic E-state index is 12.6. The first-order valence-electron chi connectivity index (χ1n) is 6.34. The Morgan fingerprint density at radius 2 is 1.90 bits per heavy atom. The number of nitrogens with two attached hydrogens (primary N) is 1. The van der Waals surface area contributed by atoms with Gasteiger partial charge in [-0.2, -0.15) is 4.31 Å². The Balaban J connectivity index is 3.00. The monoisotopic (exact) mass is 316 g/mol. The smallest absolute Gasteiger partial charge is 0.306 e. The molecule has 0 unspecified atom stereocenters. The summed E-state index contributed by atoms with van der Waals surface area (Å²) in [5.41, 5.74) is 5.89. The highest BCUT2D eigenvalue weighted by Gasteiger charge is 2.26. The van der Waals surface area contributed by atoms with Crippen LogP contribution in [0.4, 0.5) is 5.69 Å². The van der Waals surface area contributed by atoms with Crippen LogP contribution in [0.15, 0.2) is 29.2 Å². The molecule has 0 fully saturated rings. The maximum Gasteiger partial charge on any atom is 0.306 e. The average molecular weight is 316 g/mol. The van der Waals surface area contributed by atoms with Crippen molar-refractivity contribution in [1.29, 1.82) is 0 Å². The van der Waals surface area contributed by atoms with Gasteiger partial charge in [-0.15, -0.1) is 0 Å². The summed E-state index contributed by atoms with van der Waals surface area (Å²) in [6.07, 6.45) is -0.0355. The zero-order chi connectivity index (χ0) is 15.9. The number of para-hydroxylation sites is 1. The lowest BCUT2D eigenvalue weighted by molar-refractivity contribution is -0.140. The van der Waals surface area contributed by atoms with Gasteiger partial charge in [-0.05, 0) is 12.1 Å². The molecule has 0 saturated carbocycles. The molecular formula is C13H20N2O5S. The second kappa shape index (κ2) is 7.96. The molecule has 0 radical (unpaired) electrons. The number of sulfonamides is 1. The molecule has 2 N–H and O–H groups in total. The van der Waals surface area contributed by atoms with Crippen LogP contribution in [-0.2, 0) is 24.3 Å². The van der Waals surface area contributed by atoms with Crippen LogP contribution in [0, 0.1) is 0 Å². The number of rotatable bonds is 8. The van der Waals surface area contributed by atoms with E-state index < -0.39 is 16.0 Å². The lowest BCUT2D eigenvalue weighted by atomic mass is 10.3. The van der Waals surface area contributed by atoms with Gasteiger partial charge in [0, 0.05) is 20.2 Å². The van der Waals surface area contributed by atoms with E-state index in [9.17, 15) is 13.2 Å². The molecule has 0 aliphatic rings. The minimum Gasteiger partial charge on any atom is -0.469 e. The summed E-state index contributed by atoms with van der Waals surface area (Å²) in [6, 6.07) is 6.20. The Hall–Kier alpha value is -1.64. The number of esters is 1. The van der Waals surface area contributed by atoms with Crippen LogP contribution in [-0.4, -0.2) is 52.6 Å². The van der Waals surface area contributed by atoms with Crippen LogP contribution < -0.4 is 5.73 Å². The molecule has 0 bridgehead atoms. The van der Waals surface area contributed by atoms with Gasteiger partial charge in [0.2, 0.25) is 10.0 Å². The van der Waals surface area contributed by atoms with Crippen LogP contribution in [0.5, 0.6) is 0 Å². The third-order valence-corrected chi connectivity index (χ3v) is 4.85. The molecule has 0 heterocycles. The summed E-state index contributed by atoms with van der Waals surface area (Å²) in [5, 5.41) is 0. The molecular weight excluding hydrogens is 296 g/mol. The first-order chi connectivity index (χ1) is 9.93. The van der Waals surface area contributed by atoms with Crippen LogP contribution in [0.1, 0.15) is 6.42 Å². The Morgan fingerprint density at radius 1 is 1.24 bits per heavy atom. The van der Waals surface area contributed by atoms with Crippen molar-refractivity contribution in [2.75, 3.05) is 39.6 Å². The first kappa shape index (κ1) is 17.4. The molecule has 8 heteroatoms. The standard InChI is InChI=1S/C13H20N2O5S/c1-19-10-9-15(8-7-13(16)20-2)21(17,18)12-6-4-3-5-11(12)14/h3-6H,7-10,14H2,1-2H3. The average Bonchev–Trinajstić information content (AvgIpc) is 2.46. The van der Waals surface area contributed by atoms with Crippen LogP contribution in [0.2, 0.25) is 0 Å². The molecule has 0 atom stereocenters. The summed E-state index contributed by atoms with van der Waals surface area (Å²) in [7, 11) is -1.06. The van der Waals surface area contributed by atoms with E-state index in [1.165, 1.54) is 30.7 Å². The molecule has 0 aliphatic carbocycles. The highest BCUT2D eigenvalue weighted by Crippen LogP contribution is 2.22. The van der Waals surface area contributed by atoms with E-state index in [1.54, 1.807) is 12.1 Å². The van der Waals surface area contributed by atoms with E-state index in [0.717, 1.165) is 0 Å². The normalized spacial score (nSPS) is 11.6. The molecule has 0 aromatic heterocycles. The van der Waals surface area contributed by atoms with E-state index in [0.29, 0.717) is 0 Å². The minimum atomic E-state index is -3.79.